The van der Waals surface area contributed by atoms with Crippen molar-refractivity contribution in [2.45, 2.75) is 12.2 Å². The molecule has 0 saturated heterocycles. The highest BCUT2D eigenvalue weighted by Gasteiger charge is 2.23. The number of thiocarbonyl (C=S) groups is 2. The van der Waals surface area contributed by atoms with Crippen LogP contribution in [0.1, 0.15) is 23.6 Å². The Bertz CT molecular complexity index is 962. The maximum Gasteiger partial charge on any atom is 0.332 e. The van der Waals surface area contributed by atoms with Crippen molar-refractivity contribution < 1.29 is 19.1 Å². The minimum Gasteiger partial charge on any atom is -0.445 e. The maximum atomic E-state index is 12.4. The molecule has 0 aliphatic heterocycles. The quantitative estimate of drug-likeness (QED) is 0.197. The van der Waals surface area contributed by atoms with Crippen molar-refractivity contribution in [3.8, 4) is 0 Å². The van der Waals surface area contributed by atoms with Crippen molar-refractivity contribution in [1.82, 2.24) is 20.6 Å². The summed E-state index contributed by atoms with van der Waals surface area (Å²) >= 11 is 10.6. The van der Waals surface area contributed by atoms with Gasteiger partial charge in [0, 0.05) is 37.6 Å². The largest absolute Gasteiger partial charge is 0.445 e. The van der Waals surface area contributed by atoms with Gasteiger partial charge in [0.2, 0.25) is 0 Å². The lowest BCUT2D eigenvalue weighted by atomic mass is 10.2. The molecular weight excluding hydrogens is 472 g/mol. The Labute approximate surface area is 208 Å². The second-order valence-electron chi connectivity index (χ2n) is 6.54. The number of carbonyl (C=O) groups is 2. The van der Waals surface area contributed by atoms with E-state index in [-0.39, 0.29) is 9.98 Å². The van der Waals surface area contributed by atoms with E-state index in [2.05, 4.69) is 33.8 Å². The highest BCUT2D eigenvalue weighted by Crippen LogP contribution is 2.18. The number of ether oxygens (including phenoxy) is 2. The summed E-state index contributed by atoms with van der Waals surface area (Å²) in [5.41, 5.74) is 0.865. The van der Waals surface area contributed by atoms with Gasteiger partial charge in [0.25, 0.3) is 0 Å². The SMILES string of the molecule is C=CCNC(=S)C(OC(=O)/C=C\C(=O)OC(C(=S)NCC=C)c1ccccn1)c1ccccn1. The van der Waals surface area contributed by atoms with E-state index in [4.69, 9.17) is 33.9 Å². The van der Waals surface area contributed by atoms with Crippen LogP contribution in [0.2, 0.25) is 0 Å². The molecule has 0 spiro atoms. The second-order valence-corrected chi connectivity index (χ2v) is 7.42. The van der Waals surface area contributed by atoms with Crippen LogP contribution in [0.5, 0.6) is 0 Å². The molecule has 8 nitrogen and oxygen atoms in total. The Balaban J connectivity index is 2.08. The molecule has 0 saturated carbocycles. The zero-order chi connectivity index (χ0) is 24.8. The molecule has 0 fully saturated rings. The summed E-state index contributed by atoms with van der Waals surface area (Å²) in [5.74, 6) is -1.62. The lowest BCUT2D eigenvalue weighted by Gasteiger charge is -2.19. The Morgan fingerprint density at radius 1 is 0.824 bits per heavy atom. The highest BCUT2D eigenvalue weighted by atomic mass is 32.1. The zero-order valence-electron chi connectivity index (χ0n) is 18.3. The molecule has 0 aromatic carbocycles. The first kappa shape index (κ1) is 26.5. The number of carbonyl (C=O) groups excluding carboxylic acids is 2. The van der Waals surface area contributed by atoms with Gasteiger partial charge in [-0.05, 0) is 24.3 Å². The fourth-order valence-corrected chi connectivity index (χ4v) is 3.04. The fourth-order valence-electron chi connectivity index (χ4n) is 2.54. The van der Waals surface area contributed by atoms with E-state index in [1.807, 2.05) is 0 Å². The van der Waals surface area contributed by atoms with Crippen LogP contribution in [-0.4, -0.2) is 45.0 Å². The number of nitrogens with one attached hydrogen (secondary N) is 2. The smallest absolute Gasteiger partial charge is 0.332 e. The molecule has 0 aliphatic carbocycles. The molecule has 2 aromatic rings. The van der Waals surface area contributed by atoms with Crippen LogP contribution in [0, 0.1) is 0 Å². The van der Waals surface area contributed by atoms with Crippen molar-refractivity contribution in [2.75, 3.05) is 13.1 Å². The number of pyridine rings is 2. The summed E-state index contributed by atoms with van der Waals surface area (Å²) < 4.78 is 10.9. The molecule has 2 atom stereocenters. The van der Waals surface area contributed by atoms with Crippen molar-refractivity contribution in [3.05, 3.63) is 97.6 Å². The van der Waals surface area contributed by atoms with E-state index in [9.17, 15) is 9.59 Å². The molecular formula is C24H24N4O4S2. The molecule has 10 heteroatoms. The summed E-state index contributed by atoms with van der Waals surface area (Å²) in [6.07, 6.45) is 6.36. The summed E-state index contributed by atoms with van der Waals surface area (Å²) in [6, 6.07) is 10.3. The summed E-state index contributed by atoms with van der Waals surface area (Å²) in [5, 5.41) is 5.84. The number of rotatable bonds is 12. The minimum atomic E-state index is -0.943. The molecule has 2 heterocycles. The Morgan fingerprint density at radius 2 is 1.24 bits per heavy atom. The Morgan fingerprint density at radius 3 is 1.56 bits per heavy atom. The molecule has 0 bridgehead atoms. The van der Waals surface area contributed by atoms with Crippen molar-refractivity contribution >= 4 is 46.4 Å². The summed E-state index contributed by atoms with van der Waals surface area (Å²) in [7, 11) is 0. The van der Waals surface area contributed by atoms with Gasteiger partial charge in [-0.1, -0.05) is 48.7 Å². The molecule has 34 heavy (non-hydrogen) atoms. The van der Waals surface area contributed by atoms with Gasteiger partial charge in [0.05, 0.1) is 11.4 Å². The van der Waals surface area contributed by atoms with Crippen LogP contribution < -0.4 is 10.6 Å². The third kappa shape index (κ3) is 8.64. The molecule has 2 N–H and O–H groups in total. The standard InChI is InChI=1S/C24H24N4O4S2/c1-3-13-27-23(33)21(17-9-5-7-15-25-17)31-19(29)11-12-20(30)32-22(24(34)28-14-4-2)18-10-6-8-16-26-18/h3-12,15-16,21-22H,1-2,13-14H2,(H,27,33)(H,28,34)/b12-11-. The predicted octanol–water partition coefficient (Wildman–Crippen LogP) is 3.11. The van der Waals surface area contributed by atoms with E-state index >= 15 is 0 Å². The predicted molar refractivity (Wildman–Crippen MR) is 137 cm³/mol. The summed E-state index contributed by atoms with van der Waals surface area (Å²) in [4.78, 5) is 33.7. The zero-order valence-corrected chi connectivity index (χ0v) is 19.9. The van der Waals surface area contributed by atoms with E-state index in [1.165, 1.54) is 0 Å². The summed E-state index contributed by atoms with van der Waals surface area (Å²) in [6.45, 7) is 8.01. The van der Waals surface area contributed by atoms with Crippen LogP contribution in [-0.2, 0) is 19.1 Å². The van der Waals surface area contributed by atoms with Gasteiger partial charge < -0.3 is 20.1 Å². The van der Waals surface area contributed by atoms with Crippen LogP contribution in [0.15, 0.2) is 86.3 Å². The molecule has 0 radical (unpaired) electrons. The molecule has 0 aliphatic rings. The average Bonchev–Trinajstić information content (AvgIpc) is 2.87. The van der Waals surface area contributed by atoms with Crippen LogP contribution in [0.4, 0.5) is 0 Å². The first-order valence-corrected chi connectivity index (χ1v) is 11.0. The number of hydrogen-bond donors (Lipinski definition) is 2. The van der Waals surface area contributed by atoms with Gasteiger partial charge in [-0.25, -0.2) is 9.59 Å². The normalized spacial score (nSPS) is 12.1. The van der Waals surface area contributed by atoms with Crippen molar-refractivity contribution in [3.63, 3.8) is 0 Å². The van der Waals surface area contributed by atoms with Gasteiger partial charge >= 0.3 is 11.9 Å². The van der Waals surface area contributed by atoms with Crippen molar-refractivity contribution in [2.24, 2.45) is 0 Å². The van der Waals surface area contributed by atoms with Crippen LogP contribution >= 0.6 is 24.4 Å². The first-order valence-electron chi connectivity index (χ1n) is 10.1. The van der Waals surface area contributed by atoms with E-state index in [1.54, 1.807) is 60.9 Å². The third-order valence-corrected chi connectivity index (χ3v) is 4.77. The van der Waals surface area contributed by atoms with E-state index in [0.29, 0.717) is 24.5 Å². The minimum absolute atomic E-state index is 0.247. The molecule has 176 valence electrons. The first-order chi connectivity index (χ1) is 16.5. The highest BCUT2D eigenvalue weighted by molar-refractivity contribution is 7.80. The lowest BCUT2D eigenvalue weighted by Crippen LogP contribution is -2.31. The van der Waals surface area contributed by atoms with Gasteiger partial charge in [-0.15, -0.1) is 13.2 Å². The monoisotopic (exact) mass is 496 g/mol. The second kappa shape index (κ2) is 14.4. The third-order valence-electron chi connectivity index (χ3n) is 4.05. The van der Waals surface area contributed by atoms with Gasteiger partial charge in [0.1, 0.15) is 9.98 Å². The van der Waals surface area contributed by atoms with Crippen LogP contribution in [0.3, 0.4) is 0 Å². The van der Waals surface area contributed by atoms with Crippen LogP contribution in [0.25, 0.3) is 0 Å². The topological polar surface area (TPSA) is 102 Å². The maximum absolute atomic E-state index is 12.4. The Kier molecular flexibility index (Phi) is 11.2. The van der Waals surface area contributed by atoms with Gasteiger partial charge in [-0.3, -0.25) is 9.97 Å². The molecule has 2 rings (SSSR count). The number of aromatic nitrogens is 2. The number of esters is 2. The lowest BCUT2D eigenvalue weighted by molar-refractivity contribution is -0.143. The van der Waals surface area contributed by atoms with Crippen molar-refractivity contribution in [1.29, 1.82) is 0 Å². The van der Waals surface area contributed by atoms with Gasteiger partial charge in [-0.2, -0.15) is 0 Å². The fraction of sp³-hybridized carbons (Fsp3) is 0.167. The molecule has 2 aromatic heterocycles. The molecule has 2 unspecified atom stereocenters. The number of hydrogen-bond acceptors (Lipinski definition) is 8. The molecule has 0 amide bonds. The van der Waals surface area contributed by atoms with E-state index < -0.39 is 24.1 Å². The average molecular weight is 497 g/mol. The van der Waals surface area contributed by atoms with Gasteiger partial charge in [0.15, 0.2) is 12.2 Å². The van der Waals surface area contributed by atoms with E-state index in [0.717, 1.165) is 12.2 Å². The Hall–Kier alpha value is -3.76. The number of nitrogens with zero attached hydrogens (tertiary/aromatic N) is 2.